The fourth-order valence-electron chi connectivity index (χ4n) is 2.12. The van der Waals surface area contributed by atoms with E-state index in [4.69, 9.17) is 0 Å². The third-order valence-corrected chi connectivity index (χ3v) is 3.15. The number of hydrogen-bond donors (Lipinski definition) is 2. The van der Waals surface area contributed by atoms with E-state index in [9.17, 15) is 4.79 Å². The maximum atomic E-state index is 11.1. The van der Waals surface area contributed by atoms with E-state index in [0.717, 1.165) is 25.6 Å². The monoisotopic (exact) mass is 300 g/mol. The van der Waals surface area contributed by atoms with Gasteiger partial charge in [-0.1, -0.05) is 0 Å². The van der Waals surface area contributed by atoms with Crippen LogP contribution < -0.4 is 10.6 Å². The Hall–Kier alpha value is -1.30. The lowest BCUT2D eigenvalue weighted by Crippen LogP contribution is -2.41. The van der Waals surface area contributed by atoms with E-state index in [1.54, 1.807) is 0 Å². The van der Waals surface area contributed by atoms with E-state index in [0.29, 0.717) is 25.0 Å². The summed E-state index contributed by atoms with van der Waals surface area (Å²) in [7, 11) is 1.40. The zero-order valence-electron chi connectivity index (χ0n) is 14.4. The van der Waals surface area contributed by atoms with Crippen LogP contribution in [0.25, 0.3) is 0 Å². The van der Waals surface area contributed by atoms with Gasteiger partial charge in [0.25, 0.3) is 0 Å². The Morgan fingerprint density at radius 2 is 1.81 bits per heavy atom. The van der Waals surface area contributed by atoms with E-state index in [1.165, 1.54) is 7.11 Å². The fraction of sp³-hybridized carbons (Fsp3) is 0.867. The quantitative estimate of drug-likeness (QED) is 0.381. The summed E-state index contributed by atoms with van der Waals surface area (Å²) in [5.74, 6) is 0.526. The highest BCUT2D eigenvalue weighted by atomic mass is 16.5. The Morgan fingerprint density at radius 3 is 2.29 bits per heavy atom. The van der Waals surface area contributed by atoms with Crippen LogP contribution in [0.2, 0.25) is 0 Å². The first-order valence-corrected chi connectivity index (χ1v) is 7.77. The number of nitrogens with one attached hydrogen (secondary N) is 2. The molecule has 2 N–H and O–H groups in total. The Morgan fingerprint density at radius 1 is 1.19 bits per heavy atom. The molecule has 0 aliphatic heterocycles. The summed E-state index contributed by atoms with van der Waals surface area (Å²) in [5.41, 5.74) is 0. The molecule has 0 spiro atoms. The number of esters is 1. The SMILES string of the molecule is CCNC(=NCCN(C(C)C)C(C)C)NCCC(=O)OC. The molecule has 0 aliphatic carbocycles. The van der Waals surface area contributed by atoms with Gasteiger partial charge < -0.3 is 15.4 Å². The molecule has 0 unspecified atom stereocenters. The maximum Gasteiger partial charge on any atom is 0.307 e. The molecule has 0 heterocycles. The Labute approximate surface area is 129 Å². The van der Waals surface area contributed by atoms with Crippen LogP contribution in [0.1, 0.15) is 41.0 Å². The summed E-state index contributed by atoms with van der Waals surface area (Å²) in [4.78, 5) is 18.0. The second-order valence-electron chi connectivity index (χ2n) is 5.44. The molecule has 6 heteroatoms. The van der Waals surface area contributed by atoms with Gasteiger partial charge in [0.2, 0.25) is 0 Å². The van der Waals surface area contributed by atoms with Crippen molar-refractivity contribution in [3.63, 3.8) is 0 Å². The molecule has 0 saturated carbocycles. The molecule has 0 aliphatic rings. The third-order valence-electron chi connectivity index (χ3n) is 3.15. The number of aliphatic imine (C=N–C) groups is 1. The molecule has 0 rings (SSSR count). The van der Waals surface area contributed by atoms with Crippen LogP contribution in [0.3, 0.4) is 0 Å². The number of carbonyl (C=O) groups is 1. The molecule has 0 amide bonds. The molecule has 0 atom stereocenters. The van der Waals surface area contributed by atoms with Gasteiger partial charge >= 0.3 is 5.97 Å². The first-order valence-electron chi connectivity index (χ1n) is 7.77. The van der Waals surface area contributed by atoms with Crippen LogP contribution in [0.15, 0.2) is 4.99 Å². The van der Waals surface area contributed by atoms with Crippen LogP contribution in [0.4, 0.5) is 0 Å². The first kappa shape index (κ1) is 19.7. The van der Waals surface area contributed by atoms with Gasteiger partial charge in [-0.25, -0.2) is 0 Å². The minimum atomic E-state index is -0.218. The van der Waals surface area contributed by atoms with Crippen LogP contribution in [-0.4, -0.2) is 62.2 Å². The lowest BCUT2D eigenvalue weighted by molar-refractivity contribution is -0.140. The van der Waals surface area contributed by atoms with E-state index >= 15 is 0 Å². The largest absolute Gasteiger partial charge is 0.469 e. The number of carbonyl (C=O) groups excluding carboxylic acids is 1. The molecule has 0 aromatic rings. The topological polar surface area (TPSA) is 66.0 Å². The Kier molecular flexibility index (Phi) is 10.7. The van der Waals surface area contributed by atoms with Crippen molar-refractivity contribution in [2.24, 2.45) is 4.99 Å². The van der Waals surface area contributed by atoms with Gasteiger partial charge in [0.1, 0.15) is 0 Å². The van der Waals surface area contributed by atoms with Crippen molar-refractivity contribution >= 4 is 11.9 Å². The van der Waals surface area contributed by atoms with Crippen LogP contribution in [0.5, 0.6) is 0 Å². The molecular formula is C15H32N4O2. The van der Waals surface area contributed by atoms with Crippen molar-refractivity contribution in [1.82, 2.24) is 15.5 Å². The number of rotatable bonds is 9. The van der Waals surface area contributed by atoms with Crippen molar-refractivity contribution in [1.29, 1.82) is 0 Å². The van der Waals surface area contributed by atoms with Crippen molar-refractivity contribution in [2.75, 3.05) is 33.3 Å². The smallest absolute Gasteiger partial charge is 0.307 e. The van der Waals surface area contributed by atoms with Crippen molar-refractivity contribution in [2.45, 2.75) is 53.1 Å². The summed E-state index contributed by atoms with van der Waals surface area (Å²) in [6, 6.07) is 1.02. The average molecular weight is 300 g/mol. The summed E-state index contributed by atoms with van der Waals surface area (Å²) < 4.78 is 4.61. The molecule has 21 heavy (non-hydrogen) atoms. The molecular weight excluding hydrogens is 268 g/mol. The number of guanidine groups is 1. The van der Waals surface area contributed by atoms with Crippen LogP contribution >= 0.6 is 0 Å². The van der Waals surface area contributed by atoms with Gasteiger partial charge in [-0.15, -0.1) is 0 Å². The van der Waals surface area contributed by atoms with E-state index in [-0.39, 0.29) is 5.97 Å². The fourth-order valence-corrected chi connectivity index (χ4v) is 2.12. The van der Waals surface area contributed by atoms with Gasteiger partial charge in [0, 0.05) is 31.7 Å². The van der Waals surface area contributed by atoms with E-state index in [2.05, 4.69) is 53.0 Å². The predicted molar refractivity (Wildman–Crippen MR) is 87.6 cm³/mol. The lowest BCUT2D eigenvalue weighted by Gasteiger charge is -2.29. The molecule has 6 nitrogen and oxygen atoms in total. The number of nitrogens with zero attached hydrogens (tertiary/aromatic N) is 2. The minimum Gasteiger partial charge on any atom is -0.469 e. The standard InChI is InChI=1S/C15H32N4O2/c1-7-16-15(17-9-8-14(20)21-6)18-10-11-19(12(2)3)13(4)5/h12-13H,7-11H2,1-6H3,(H2,16,17,18). The van der Waals surface area contributed by atoms with Gasteiger partial charge in [-0.3, -0.25) is 14.7 Å². The van der Waals surface area contributed by atoms with Crippen LogP contribution in [-0.2, 0) is 9.53 Å². The maximum absolute atomic E-state index is 11.1. The highest BCUT2D eigenvalue weighted by Gasteiger charge is 2.12. The van der Waals surface area contributed by atoms with Gasteiger partial charge in [-0.05, 0) is 34.6 Å². The number of hydrogen-bond acceptors (Lipinski definition) is 4. The van der Waals surface area contributed by atoms with Gasteiger partial charge in [-0.2, -0.15) is 0 Å². The highest BCUT2D eigenvalue weighted by Crippen LogP contribution is 2.03. The third kappa shape index (κ3) is 9.28. The van der Waals surface area contributed by atoms with Crippen LogP contribution in [0, 0.1) is 0 Å². The second-order valence-corrected chi connectivity index (χ2v) is 5.44. The normalized spacial score (nSPS) is 12.1. The highest BCUT2D eigenvalue weighted by molar-refractivity contribution is 5.80. The lowest BCUT2D eigenvalue weighted by atomic mass is 10.2. The molecule has 0 radical (unpaired) electrons. The van der Waals surface area contributed by atoms with Crippen molar-refractivity contribution in [3.05, 3.63) is 0 Å². The molecule has 0 saturated heterocycles. The minimum absolute atomic E-state index is 0.218. The molecule has 124 valence electrons. The predicted octanol–water partition coefficient (Wildman–Crippen LogP) is 1.22. The summed E-state index contributed by atoms with van der Waals surface area (Å²) in [5, 5.41) is 6.31. The Bertz CT molecular complexity index is 309. The summed E-state index contributed by atoms with van der Waals surface area (Å²) in [6.45, 7) is 13.8. The zero-order chi connectivity index (χ0) is 16.3. The van der Waals surface area contributed by atoms with Crippen molar-refractivity contribution in [3.8, 4) is 0 Å². The van der Waals surface area contributed by atoms with Gasteiger partial charge in [0.05, 0.1) is 20.1 Å². The number of methoxy groups -OCH3 is 1. The van der Waals surface area contributed by atoms with E-state index < -0.39 is 0 Å². The second kappa shape index (κ2) is 11.4. The molecule has 0 aromatic carbocycles. The summed E-state index contributed by atoms with van der Waals surface area (Å²) >= 11 is 0. The number of ether oxygens (including phenoxy) is 1. The van der Waals surface area contributed by atoms with Crippen molar-refractivity contribution < 1.29 is 9.53 Å². The van der Waals surface area contributed by atoms with Gasteiger partial charge in [0.15, 0.2) is 5.96 Å². The molecule has 0 fully saturated rings. The summed E-state index contributed by atoms with van der Waals surface area (Å²) in [6.07, 6.45) is 0.338. The van der Waals surface area contributed by atoms with E-state index in [1.807, 2.05) is 6.92 Å². The zero-order valence-corrected chi connectivity index (χ0v) is 14.4. The molecule has 0 aromatic heterocycles. The first-order chi connectivity index (χ1) is 9.92. The molecule has 0 bridgehead atoms. The Balaban J connectivity index is 4.28. The average Bonchev–Trinajstić information content (AvgIpc) is 2.42.